The summed E-state index contributed by atoms with van der Waals surface area (Å²) in [6.45, 7) is 17.1. The zero-order valence-corrected chi connectivity index (χ0v) is 21.5. The van der Waals surface area contributed by atoms with Crippen LogP contribution in [0.1, 0.15) is 57.4 Å². The molecule has 0 radical (unpaired) electrons. The second-order valence-corrected chi connectivity index (χ2v) is 9.53. The molecule has 0 aliphatic heterocycles. The van der Waals surface area contributed by atoms with Crippen molar-refractivity contribution in [3.05, 3.63) is 77.8 Å². The van der Waals surface area contributed by atoms with Gasteiger partial charge in [-0.3, -0.25) is 4.68 Å². The number of nitrogen functional groups attached to an aromatic ring is 1. The third kappa shape index (κ3) is 5.45. The van der Waals surface area contributed by atoms with Crippen LogP contribution < -0.4 is 11.1 Å². The zero-order valence-electron chi connectivity index (χ0n) is 21.5. The Bertz CT molecular complexity index is 1210. The molecule has 2 aromatic heterocycles. The molecule has 1 unspecified atom stereocenters. The van der Waals surface area contributed by atoms with E-state index in [2.05, 4.69) is 44.2 Å². The molecule has 0 amide bonds. The maximum atomic E-state index is 14.4. The van der Waals surface area contributed by atoms with Crippen molar-refractivity contribution in [3.8, 4) is 11.5 Å². The van der Waals surface area contributed by atoms with Crippen LogP contribution in [0, 0.1) is 11.7 Å². The minimum Gasteiger partial charge on any atom is -0.383 e. The highest BCUT2D eigenvalue weighted by Gasteiger charge is 2.33. The Balaban J connectivity index is 2.10. The van der Waals surface area contributed by atoms with Crippen LogP contribution in [0.15, 0.2) is 55.1 Å². The van der Waals surface area contributed by atoms with Crippen LogP contribution in [0.3, 0.4) is 0 Å². The number of benzene rings is 1. The van der Waals surface area contributed by atoms with Crippen molar-refractivity contribution >= 4 is 11.6 Å². The van der Waals surface area contributed by atoms with Crippen LogP contribution in [0.4, 0.5) is 16.0 Å². The summed E-state index contributed by atoms with van der Waals surface area (Å²) in [5.74, 6) is 1.53. The summed E-state index contributed by atoms with van der Waals surface area (Å²) in [4.78, 5) is 9.45. The quantitative estimate of drug-likeness (QED) is 0.324. The molecule has 2 heterocycles. The number of allylic oxidation sites excluding steroid dienone is 2. The van der Waals surface area contributed by atoms with Crippen LogP contribution in [0.2, 0.25) is 0 Å². The highest BCUT2D eigenvalue weighted by molar-refractivity contribution is 5.68. The van der Waals surface area contributed by atoms with Gasteiger partial charge < -0.3 is 11.1 Å². The fourth-order valence-electron chi connectivity index (χ4n) is 4.34. The van der Waals surface area contributed by atoms with Gasteiger partial charge in [-0.15, -0.1) is 6.58 Å². The normalized spacial score (nSPS) is 13.0. The molecule has 0 fully saturated rings. The van der Waals surface area contributed by atoms with E-state index in [0.717, 1.165) is 36.1 Å². The van der Waals surface area contributed by atoms with Gasteiger partial charge in [-0.2, -0.15) is 5.10 Å². The average molecular weight is 477 g/mol. The van der Waals surface area contributed by atoms with Crippen LogP contribution in [0.25, 0.3) is 11.5 Å². The van der Waals surface area contributed by atoms with Gasteiger partial charge in [0.05, 0.1) is 12.1 Å². The standard InChI is InChI=1S/C28H37FN6/c1-8-12-19(5)28(6,9-2)24-25(30)32-26(33-27(24)31-7)23-16-21(15-18(3)4)35(34-23)17-20-13-10-11-14-22(20)29/h9-11,13-14,16,18H,2,5,8,12,15,17H2,1,3-4,6-7H3,(H3,30,31,32,33). The number of nitrogens with two attached hydrogens (primary N) is 1. The summed E-state index contributed by atoms with van der Waals surface area (Å²) in [6.07, 6.45) is 4.45. The molecule has 3 rings (SSSR count). The molecule has 0 aliphatic carbocycles. The van der Waals surface area contributed by atoms with Crippen LogP contribution in [0.5, 0.6) is 0 Å². The highest BCUT2D eigenvalue weighted by atomic mass is 19.1. The van der Waals surface area contributed by atoms with Crippen LogP contribution in [-0.2, 0) is 18.4 Å². The Morgan fingerprint density at radius 3 is 2.60 bits per heavy atom. The van der Waals surface area contributed by atoms with E-state index in [4.69, 9.17) is 15.8 Å². The monoisotopic (exact) mass is 476 g/mol. The summed E-state index contributed by atoms with van der Waals surface area (Å²) in [7, 11) is 1.81. The van der Waals surface area contributed by atoms with E-state index in [0.29, 0.717) is 41.2 Å². The van der Waals surface area contributed by atoms with Gasteiger partial charge in [0.2, 0.25) is 0 Å². The molecule has 0 spiro atoms. The molecule has 3 aromatic rings. The van der Waals surface area contributed by atoms with Crippen molar-refractivity contribution in [2.75, 3.05) is 18.1 Å². The van der Waals surface area contributed by atoms with E-state index in [1.165, 1.54) is 6.07 Å². The van der Waals surface area contributed by atoms with Gasteiger partial charge in [0.15, 0.2) is 5.82 Å². The molecule has 0 aliphatic rings. The maximum Gasteiger partial charge on any atom is 0.184 e. The topological polar surface area (TPSA) is 81.7 Å². The molecule has 35 heavy (non-hydrogen) atoms. The van der Waals surface area contributed by atoms with Crippen LogP contribution in [-0.4, -0.2) is 26.8 Å². The Morgan fingerprint density at radius 1 is 1.29 bits per heavy atom. The Labute approximate surface area is 208 Å². The molecule has 1 aromatic carbocycles. The second-order valence-electron chi connectivity index (χ2n) is 9.53. The van der Waals surface area contributed by atoms with Crippen molar-refractivity contribution in [3.63, 3.8) is 0 Å². The third-order valence-electron chi connectivity index (χ3n) is 6.38. The summed E-state index contributed by atoms with van der Waals surface area (Å²) in [5.41, 5.74) is 9.88. The second kappa shape index (κ2) is 10.8. The molecule has 6 nitrogen and oxygen atoms in total. The first-order chi connectivity index (χ1) is 16.6. The molecular weight excluding hydrogens is 439 g/mol. The molecule has 0 saturated carbocycles. The number of nitrogens with one attached hydrogen (secondary N) is 1. The molecule has 7 heteroatoms. The molecule has 186 valence electrons. The van der Waals surface area contributed by atoms with Crippen molar-refractivity contribution in [2.24, 2.45) is 5.92 Å². The van der Waals surface area contributed by atoms with Gasteiger partial charge in [0.1, 0.15) is 23.1 Å². The molecule has 0 saturated heterocycles. The summed E-state index contributed by atoms with van der Waals surface area (Å²) in [6, 6.07) is 8.73. The average Bonchev–Trinajstić information content (AvgIpc) is 3.21. The fourth-order valence-corrected chi connectivity index (χ4v) is 4.34. The highest BCUT2D eigenvalue weighted by Crippen LogP contribution is 2.41. The minimum atomic E-state index is -0.579. The van der Waals surface area contributed by atoms with E-state index < -0.39 is 5.41 Å². The van der Waals surface area contributed by atoms with Crippen LogP contribution >= 0.6 is 0 Å². The van der Waals surface area contributed by atoms with Gasteiger partial charge in [-0.25, -0.2) is 14.4 Å². The van der Waals surface area contributed by atoms with E-state index in [1.54, 1.807) is 12.1 Å². The first kappa shape index (κ1) is 26.1. The first-order valence-electron chi connectivity index (χ1n) is 12.1. The van der Waals surface area contributed by atoms with Gasteiger partial charge in [0, 0.05) is 23.7 Å². The van der Waals surface area contributed by atoms with Crippen molar-refractivity contribution in [2.45, 2.75) is 58.9 Å². The number of nitrogens with zero attached hydrogens (tertiary/aromatic N) is 4. The maximum absolute atomic E-state index is 14.4. The van der Waals surface area contributed by atoms with E-state index in [-0.39, 0.29) is 5.82 Å². The van der Waals surface area contributed by atoms with E-state index in [1.807, 2.05) is 36.9 Å². The summed E-state index contributed by atoms with van der Waals surface area (Å²) < 4.78 is 16.2. The molecule has 3 N–H and O–H groups in total. The molecule has 1 atom stereocenters. The number of aromatic nitrogens is 4. The van der Waals surface area contributed by atoms with Crippen molar-refractivity contribution in [1.29, 1.82) is 0 Å². The lowest BCUT2D eigenvalue weighted by molar-refractivity contribution is 0.551. The van der Waals surface area contributed by atoms with E-state index >= 15 is 0 Å². The first-order valence-corrected chi connectivity index (χ1v) is 12.1. The number of hydrogen-bond donors (Lipinski definition) is 2. The predicted molar refractivity (Wildman–Crippen MR) is 143 cm³/mol. The number of halogens is 1. The molecular formula is C28H37FN6. The smallest absolute Gasteiger partial charge is 0.184 e. The molecule has 0 bridgehead atoms. The van der Waals surface area contributed by atoms with Gasteiger partial charge >= 0.3 is 0 Å². The van der Waals surface area contributed by atoms with E-state index in [9.17, 15) is 4.39 Å². The Hall–Kier alpha value is -3.48. The summed E-state index contributed by atoms with van der Waals surface area (Å²) >= 11 is 0. The van der Waals surface area contributed by atoms with Crippen molar-refractivity contribution in [1.82, 2.24) is 19.7 Å². The lowest BCUT2D eigenvalue weighted by Crippen LogP contribution is -2.26. The van der Waals surface area contributed by atoms with Gasteiger partial charge in [0.25, 0.3) is 0 Å². The predicted octanol–water partition coefficient (Wildman–Crippen LogP) is 6.15. The lowest BCUT2D eigenvalue weighted by Gasteiger charge is -2.31. The summed E-state index contributed by atoms with van der Waals surface area (Å²) in [5, 5.41) is 7.95. The number of hydrogen-bond acceptors (Lipinski definition) is 5. The SMILES string of the molecule is C=CC(C)(C(=C)CCC)c1c(N)nc(-c2cc(CC(C)C)n(Cc3ccccc3F)n2)nc1NC. The number of rotatable bonds is 11. The third-order valence-corrected chi connectivity index (χ3v) is 6.38. The van der Waals surface area contributed by atoms with Crippen molar-refractivity contribution < 1.29 is 4.39 Å². The largest absolute Gasteiger partial charge is 0.383 e. The number of anilines is 2. The van der Waals surface area contributed by atoms with Gasteiger partial charge in [-0.05, 0) is 37.8 Å². The minimum absolute atomic E-state index is 0.251. The zero-order chi connectivity index (χ0) is 25.8. The fraction of sp³-hybridized carbons (Fsp3) is 0.393. The van der Waals surface area contributed by atoms with Gasteiger partial charge in [-0.1, -0.05) is 63.6 Å². The lowest BCUT2D eigenvalue weighted by atomic mass is 9.75. The Morgan fingerprint density at radius 2 is 2.00 bits per heavy atom. The Kier molecular flexibility index (Phi) is 8.10.